The van der Waals surface area contributed by atoms with E-state index in [4.69, 9.17) is 5.73 Å². The van der Waals surface area contributed by atoms with Crippen LogP contribution in [0.4, 0.5) is 0 Å². The number of nitrogens with two attached hydrogens (primary N) is 1. The number of nitrogens with zero attached hydrogens (tertiary/aromatic N) is 1. The fraction of sp³-hybridized carbons (Fsp3) is 0.923. The highest BCUT2D eigenvalue weighted by Crippen LogP contribution is 2.14. The van der Waals surface area contributed by atoms with E-state index in [9.17, 15) is 4.79 Å². The summed E-state index contributed by atoms with van der Waals surface area (Å²) in [6.45, 7) is 8.00. The first kappa shape index (κ1) is 16.4. The molecule has 0 spiro atoms. The molecule has 0 saturated carbocycles. The monoisotopic (exact) mass is 243 g/mol. The fourth-order valence-electron chi connectivity index (χ4n) is 1.92. The Labute approximate surface area is 106 Å². The van der Waals surface area contributed by atoms with Crippen molar-refractivity contribution >= 4 is 5.91 Å². The fourth-order valence-corrected chi connectivity index (χ4v) is 1.92. The van der Waals surface area contributed by atoms with Gasteiger partial charge in [0.05, 0.1) is 6.04 Å². The first-order valence-electron chi connectivity index (χ1n) is 6.46. The van der Waals surface area contributed by atoms with Crippen molar-refractivity contribution in [1.29, 1.82) is 0 Å². The topological polar surface area (TPSA) is 58.4 Å². The van der Waals surface area contributed by atoms with Crippen LogP contribution in [0.3, 0.4) is 0 Å². The van der Waals surface area contributed by atoms with E-state index in [0.717, 1.165) is 25.8 Å². The van der Waals surface area contributed by atoms with Crippen molar-refractivity contribution in [3.63, 3.8) is 0 Å². The van der Waals surface area contributed by atoms with Gasteiger partial charge in [-0.25, -0.2) is 0 Å². The molecule has 1 amide bonds. The van der Waals surface area contributed by atoms with Gasteiger partial charge in [0, 0.05) is 13.1 Å². The molecule has 0 heterocycles. The number of hydrogen-bond acceptors (Lipinski definition) is 3. The quantitative estimate of drug-likeness (QED) is 0.673. The molecule has 102 valence electrons. The third-order valence-corrected chi connectivity index (χ3v) is 2.69. The molecule has 0 rings (SSSR count). The van der Waals surface area contributed by atoms with Gasteiger partial charge in [0.25, 0.3) is 0 Å². The highest BCUT2D eigenvalue weighted by atomic mass is 16.2. The molecule has 0 radical (unpaired) electrons. The van der Waals surface area contributed by atoms with Crippen molar-refractivity contribution in [2.75, 3.05) is 27.2 Å². The smallest absolute Gasteiger partial charge is 0.236 e. The van der Waals surface area contributed by atoms with Crippen LogP contribution < -0.4 is 11.1 Å². The number of nitrogens with one attached hydrogen (secondary N) is 1. The van der Waals surface area contributed by atoms with Crippen LogP contribution >= 0.6 is 0 Å². The van der Waals surface area contributed by atoms with Crippen molar-refractivity contribution in [2.24, 2.45) is 11.1 Å². The third-order valence-electron chi connectivity index (χ3n) is 2.69. The summed E-state index contributed by atoms with van der Waals surface area (Å²) in [6.07, 6.45) is 2.86. The number of hydrogen-bond donors (Lipinski definition) is 2. The zero-order chi connectivity index (χ0) is 13.5. The number of carbonyl (C=O) groups excluding carboxylic acids is 1. The Hall–Kier alpha value is -0.610. The Bertz CT molecular complexity index is 227. The lowest BCUT2D eigenvalue weighted by molar-refractivity contribution is -0.123. The van der Waals surface area contributed by atoms with Gasteiger partial charge in [-0.3, -0.25) is 4.79 Å². The maximum atomic E-state index is 11.7. The van der Waals surface area contributed by atoms with E-state index in [1.54, 1.807) is 0 Å². The van der Waals surface area contributed by atoms with E-state index in [2.05, 4.69) is 31.0 Å². The molecule has 0 aliphatic carbocycles. The molecule has 4 nitrogen and oxygen atoms in total. The van der Waals surface area contributed by atoms with Gasteiger partial charge in [-0.05, 0) is 25.9 Å². The number of rotatable bonds is 8. The Morgan fingerprint density at radius 3 is 2.47 bits per heavy atom. The van der Waals surface area contributed by atoms with Gasteiger partial charge in [-0.2, -0.15) is 0 Å². The van der Waals surface area contributed by atoms with Crippen LogP contribution in [0.5, 0.6) is 0 Å². The molecular formula is C13H29N3O. The van der Waals surface area contributed by atoms with E-state index in [0.29, 0.717) is 6.54 Å². The van der Waals surface area contributed by atoms with Crippen LogP contribution in [-0.4, -0.2) is 44.0 Å². The molecule has 0 aromatic carbocycles. The highest BCUT2D eigenvalue weighted by Gasteiger charge is 2.21. The van der Waals surface area contributed by atoms with E-state index < -0.39 is 0 Å². The van der Waals surface area contributed by atoms with Crippen LogP contribution in [0, 0.1) is 5.41 Å². The first-order valence-corrected chi connectivity index (χ1v) is 6.46. The summed E-state index contributed by atoms with van der Waals surface area (Å²) >= 11 is 0. The molecule has 1 atom stereocenters. The van der Waals surface area contributed by atoms with Crippen LogP contribution in [0.1, 0.15) is 40.0 Å². The van der Waals surface area contributed by atoms with Crippen molar-refractivity contribution in [2.45, 2.75) is 46.1 Å². The van der Waals surface area contributed by atoms with Gasteiger partial charge < -0.3 is 16.0 Å². The number of amides is 1. The highest BCUT2D eigenvalue weighted by molar-refractivity contribution is 5.81. The lowest BCUT2D eigenvalue weighted by atomic mass is 9.93. The predicted molar refractivity (Wildman–Crippen MR) is 72.8 cm³/mol. The van der Waals surface area contributed by atoms with Crippen molar-refractivity contribution < 1.29 is 4.79 Å². The number of carbonyl (C=O) groups is 1. The Balaban J connectivity index is 3.97. The van der Waals surface area contributed by atoms with Crippen LogP contribution in [0.15, 0.2) is 0 Å². The molecule has 0 saturated heterocycles. The molecule has 3 N–H and O–H groups in total. The summed E-state index contributed by atoms with van der Waals surface area (Å²) in [5.41, 5.74) is 5.88. The summed E-state index contributed by atoms with van der Waals surface area (Å²) in [5.74, 6) is -0.0229. The SMILES string of the molecule is CCCCC(N)C(=O)NCC(C)(C)CN(C)C. The molecule has 4 heteroatoms. The Morgan fingerprint density at radius 2 is 2.00 bits per heavy atom. The van der Waals surface area contributed by atoms with Gasteiger partial charge in [-0.15, -0.1) is 0 Å². The second-order valence-electron chi connectivity index (χ2n) is 5.87. The Kier molecular flexibility index (Phi) is 7.39. The average molecular weight is 243 g/mol. The summed E-state index contributed by atoms with van der Waals surface area (Å²) in [6, 6.07) is -0.356. The van der Waals surface area contributed by atoms with Gasteiger partial charge in [0.1, 0.15) is 0 Å². The van der Waals surface area contributed by atoms with E-state index in [1.165, 1.54) is 0 Å². The van der Waals surface area contributed by atoms with Crippen molar-refractivity contribution in [3.05, 3.63) is 0 Å². The zero-order valence-corrected chi connectivity index (χ0v) is 12.0. The van der Waals surface area contributed by atoms with E-state index in [1.807, 2.05) is 14.1 Å². The van der Waals surface area contributed by atoms with Crippen molar-refractivity contribution in [1.82, 2.24) is 10.2 Å². The molecular weight excluding hydrogens is 214 g/mol. The molecule has 0 fully saturated rings. The van der Waals surface area contributed by atoms with Crippen molar-refractivity contribution in [3.8, 4) is 0 Å². The second kappa shape index (κ2) is 7.67. The van der Waals surface area contributed by atoms with Gasteiger partial charge >= 0.3 is 0 Å². The summed E-state index contributed by atoms with van der Waals surface area (Å²) in [7, 11) is 4.08. The van der Waals surface area contributed by atoms with E-state index >= 15 is 0 Å². The van der Waals surface area contributed by atoms with E-state index in [-0.39, 0.29) is 17.4 Å². The normalized spacial score (nSPS) is 13.8. The standard InChI is InChI=1S/C13H29N3O/c1-6-7-8-11(14)12(17)15-9-13(2,3)10-16(4)5/h11H,6-10,14H2,1-5H3,(H,15,17). The van der Waals surface area contributed by atoms with Crippen LogP contribution in [0.2, 0.25) is 0 Å². The van der Waals surface area contributed by atoms with Gasteiger partial charge in [0.2, 0.25) is 5.91 Å². The second-order valence-corrected chi connectivity index (χ2v) is 5.87. The third kappa shape index (κ3) is 8.16. The van der Waals surface area contributed by atoms with Gasteiger partial charge in [-0.1, -0.05) is 33.6 Å². The first-order chi connectivity index (χ1) is 7.78. The summed E-state index contributed by atoms with van der Waals surface area (Å²) in [4.78, 5) is 13.9. The van der Waals surface area contributed by atoms with Crippen LogP contribution in [0.25, 0.3) is 0 Å². The van der Waals surface area contributed by atoms with Gasteiger partial charge in [0.15, 0.2) is 0 Å². The minimum absolute atomic E-state index is 0.0229. The minimum atomic E-state index is -0.356. The molecule has 0 aromatic rings. The minimum Gasteiger partial charge on any atom is -0.354 e. The molecule has 0 aromatic heterocycles. The summed E-state index contributed by atoms with van der Waals surface area (Å²) in [5, 5.41) is 2.95. The zero-order valence-electron chi connectivity index (χ0n) is 12.0. The Morgan fingerprint density at radius 1 is 1.41 bits per heavy atom. The molecule has 0 aliphatic rings. The average Bonchev–Trinajstić information content (AvgIpc) is 2.20. The van der Waals surface area contributed by atoms with Crippen LogP contribution in [-0.2, 0) is 4.79 Å². The number of unbranched alkanes of at least 4 members (excludes halogenated alkanes) is 1. The summed E-state index contributed by atoms with van der Waals surface area (Å²) < 4.78 is 0. The lowest BCUT2D eigenvalue weighted by Crippen LogP contribution is -2.46. The maximum absolute atomic E-state index is 11.7. The largest absolute Gasteiger partial charge is 0.354 e. The molecule has 1 unspecified atom stereocenters. The molecule has 0 bridgehead atoms. The molecule has 0 aliphatic heterocycles. The predicted octanol–water partition coefficient (Wildman–Crippen LogP) is 1.21. The maximum Gasteiger partial charge on any atom is 0.236 e. The molecule has 17 heavy (non-hydrogen) atoms. The lowest BCUT2D eigenvalue weighted by Gasteiger charge is -2.29.